The molecule has 0 bridgehead atoms. The quantitative estimate of drug-likeness (QED) is 0.578. The minimum atomic E-state index is 0.0960. The van der Waals surface area contributed by atoms with Crippen molar-refractivity contribution >= 4 is 18.2 Å². The molecule has 0 saturated heterocycles. The van der Waals surface area contributed by atoms with Gasteiger partial charge < -0.3 is 4.90 Å². The molecular formula is C23H21NOS. The van der Waals surface area contributed by atoms with Gasteiger partial charge in [-0.2, -0.15) is 0 Å². The van der Waals surface area contributed by atoms with Crippen molar-refractivity contribution < 1.29 is 4.79 Å². The van der Waals surface area contributed by atoms with E-state index >= 15 is 0 Å². The van der Waals surface area contributed by atoms with E-state index in [-0.39, 0.29) is 11.3 Å². The lowest BCUT2D eigenvalue weighted by Gasteiger charge is -2.39. The molecule has 4 rings (SSSR count). The molecule has 0 N–H and O–H groups in total. The van der Waals surface area contributed by atoms with Gasteiger partial charge in [0, 0.05) is 11.4 Å². The lowest BCUT2D eigenvalue weighted by molar-refractivity contribution is -0.120. The number of amides is 1. The number of carbonyl (C=O) groups excluding carboxylic acids is 1. The molecule has 0 saturated carbocycles. The number of carbonyl (C=O) groups is 1. The monoisotopic (exact) mass is 359 g/mol. The van der Waals surface area contributed by atoms with Crippen LogP contribution in [0.25, 0.3) is 0 Å². The Hall–Kier alpha value is -2.52. The second kappa shape index (κ2) is 7.79. The zero-order valence-electron chi connectivity index (χ0n) is 14.5. The van der Waals surface area contributed by atoms with Gasteiger partial charge in [0.05, 0.1) is 11.3 Å². The summed E-state index contributed by atoms with van der Waals surface area (Å²) in [5.74, 6) is 0. The number of nitrogens with zero attached hydrogens (tertiary/aromatic N) is 1. The molecule has 0 spiro atoms. The summed E-state index contributed by atoms with van der Waals surface area (Å²) in [5, 5.41) is 0.255. The van der Waals surface area contributed by atoms with E-state index in [1.165, 1.54) is 21.6 Å². The first-order valence-electron chi connectivity index (χ1n) is 8.90. The van der Waals surface area contributed by atoms with Crippen molar-refractivity contribution in [3.63, 3.8) is 0 Å². The summed E-state index contributed by atoms with van der Waals surface area (Å²) in [7, 11) is 0. The standard InChI is InChI=1S/C23H21NOS/c25-17-24-16-23(26-19-11-5-2-6-12-19)21-14-8-7-13-20(21)22(24)15-18-9-3-1-4-10-18/h1-14,17,22-23H,15-16H2. The van der Waals surface area contributed by atoms with Crippen LogP contribution in [0.15, 0.2) is 89.8 Å². The lowest BCUT2D eigenvalue weighted by Crippen LogP contribution is -2.37. The average Bonchev–Trinajstić information content (AvgIpc) is 2.71. The highest BCUT2D eigenvalue weighted by Gasteiger charge is 2.32. The van der Waals surface area contributed by atoms with Gasteiger partial charge in [-0.3, -0.25) is 4.79 Å². The predicted octanol–water partition coefficient (Wildman–Crippen LogP) is 5.28. The van der Waals surface area contributed by atoms with Crippen LogP contribution in [0.4, 0.5) is 0 Å². The normalized spacial score (nSPS) is 19.0. The molecule has 2 atom stereocenters. The zero-order valence-corrected chi connectivity index (χ0v) is 15.3. The first-order chi connectivity index (χ1) is 12.8. The van der Waals surface area contributed by atoms with Gasteiger partial charge in [0.15, 0.2) is 0 Å². The van der Waals surface area contributed by atoms with Gasteiger partial charge in [-0.15, -0.1) is 11.8 Å². The smallest absolute Gasteiger partial charge is 0.210 e. The van der Waals surface area contributed by atoms with Crippen molar-refractivity contribution in [3.8, 4) is 0 Å². The maximum Gasteiger partial charge on any atom is 0.210 e. The first-order valence-corrected chi connectivity index (χ1v) is 9.78. The Balaban J connectivity index is 1.67. The Bertz CT molecular complexity index is 866. The highest BCUT2D eigenvalue weighted by molar-refractivity contribution is 7.99. The molecule has 0 aromatic heterocycles. The molecule has 0 aliphatic carbocycles. The fourth-order valence-corrected chi connectivity index (χ4v) is 4.88. The van der Waals surface area contributed by atoms with Gasteiger partial charge in [0.1, 0.15) is 0 Å². The molecule has 2 unspecified atom stereocenters. The van der Waals surface area contributed by atoms with E-state index in [1.54, 1.807) is 0 Å². The number of benzene rings is 3. The molecule has 3 aromatic carbocycles. The van der Waals surface area contributed by atoms with E-state index in [9.17, 15) is 4.79 Å². The molecule has 0 radical (unpaired) electrons. The maximum absolute atomic E-state index is 11.9. The van der Waals surface area contributed by atoms with Gasteiger partial charge in [0.2, 0.25) is 6.41 Å². The molecule has 2 nitrogen and oxygen atoms in total. The summed E-state index contributed by atoms with van der Waals surface area (Å²) in [6.45, 7) is 0.734. The van der Waals surface area contributed by atoms with Crippen LogP contribution >= 0.6 is 11.8 Å². The third-order valence-electron chi connectivity index (χ3n) is 4.91. The van der Waals surface area contributed by atoms with Gasteiger partial charge in [-0.25, -0.2) is 0 Å². The maximum atomic E-state index is 11.9. The van der Waals surface area contributed by atoms with Crippen molar-refractivity contribution in [2.45, 2.75) is 22.6 Å². The minimum Gasteiger partial charge on any atom is -0.336 e. The van der Waals surface area contributed by atoms with Gasteiger partial charge in [0.25, 0.3) is 0 Å². The van der Waals surface area contributed by atoms with E-state index in [0.29, 0.717) is 0 Å². The zero-order chi connectivity index (χ0) is 17.8. The highest BCUT2D eigenvalue weighted by atomic mass is 32.2. The Morgan fingerprint density at radius 1 is 0.846 bits per heavy atom. The van der Waals surface area contributed by atoms with E-state index in [1.807, 2.05) is 28.8 Å². The molecule has 1 aliphatic rings. The Kier molecular flexibility index (Phi) is 5.07. The molecule has 1 amide bonds. The molecule has 3 heteroatoms. The summed E-state index contributed by atoms with van der Waals surface area (Å²) in [6, 6.07) is 29.5. The molecule has 1 aliphatic heterocycles. The van der Waals surface area contributed by atoms with Crippen LogP contribution in [-0.2, 0) is 11.2 Å². The molecule has 3 aromatic rings. The summed E-state index contributed by atoms with van der Waals surface area (Å²) in [5.41, 5.74) is 3.87. The summed E-state index contributed by atoms with van der Waals surface area (Å²) in [6.07, 6.45) is 1.86. The molecule has 1 heterocycles. The predicted molar refractivity (Wildman–Crippen MR) is 107 cm³/mol. The molecule has 0 fully saturated rings. The van der Waals surface area contributed by atoms with E-state index in [0.717, 1.165) is 19.4 Å². The first kappa shape index (κ1) is 16.9. The Morgan fingerprint density at radius 3 is 2.15 bits per heavy atom. The molecular weight excluding hydrogens is 338 g/mol. The largest absolute Gasteiger partial charge is 0.336 e. The Labute approximate surface area is 158 Å². The number of fused-ring (bicyclic) bond motifs is 1. The van der Waals surface area contributed by atoms with Crippen LogP contribution in [-0.4, -0.2) is 17.9 Å². The minimum absolute atomic E-state index is 0.0960. The summed E-state index contributed by atoms with van der Waals surface area (Å²) in [4.78, 5) is 15.1. The van der Waals surface area contributed by atoms with Gasteiger partial charge in [-0.05, 0) is 35.2 Å². The van der Waals surface area contributed by atoms with Crippen molar-refractivity contribution in [1.29, 1.82) is 0 Å². The van der Waals surface area contributed by atoms with Crippen LogP contribution in [0.5, 0.6) is 0 Å². The van der Waals surface area contributed by atoms with Crippen LogP contribution in [0.2, 0.25) is 0 Å². The van der Waals surface area contributed by atoms with Crippen LogP contribution in [0.3, 0.4) is 0 Å². The number of thioether (sulfide) groups is 1. The van der Waals surface area contributed by atoms with Crippen LogP contribution in [0.1, 0.15) is 28.0 Å². The van der Waals surface area contributed by atoms with E-state index in [4.69, 9.17) is 0 Å². The van der Waals surface area contributed by atoms with Crippen LogP contribution < -0.4 is 0 Å². The number of hydrogen-bond acceptors (Lipinski definition) is 2. The topological polar surface area (TPSA) is 20.3 Å². The third-order valence-corrected chi connectivity index (χ3v) is 6.14. The number of rotatable bonds is 5. The van der Waals surface area contributed by atoms with E-state index < -0.39 is 0 Å². The molecule has 130 valence electrons. The fourth-order valence-electron chi connectivity index (χ4n) is 3.65. The average molecular weight is 359 g/mol. The van der Waals surface area contributed by atoms with Gasteiger partial charge in [-0.1, -0.05) is 72.8 Å². The third kappa shape index (κ3) is 3.54. The number of hydrogen-bond donors (Lipinski definition) is 0. The van der Waals surface area contributed by atoms with Gasteiger partial charge >= 0.3 is 0 Å². The summed E-state index contributed by atoms with van der Waals surface area (Å²) >= 11 is 1.83. The van der Waals surface area contributed by atoms with Crippen molar-refractivity contribution in [2.75, 3.05) is 6.54 Å². The second-order valence-corrected chi connectivity index (χ2v) is 7.83. The molecule has 26 heavy (non-hydrogen) atoms. The van der Waals surface area contributed by atoms with Crippen molar-refractivity contribution in [1.82, 2.24) is 4.90 Å². The highest BCUT2D eigenvalue weighted by Crippen LogP contribution is 2.44. The summed E-state index contributed by atoms with van der Waals surface area (Å²) < 4.78 is 0. The SMILES string of the molecule is O=CN1CC(Sc2ccccc2)c2ccccc2C1Cc1ccccc1. The van der Waals surface area contributed by atoms with Crippen LogP contribution in [0, 0.1) is 0 Å². The van der Waals surface area contributed by atoms with Crippen molar-refractivity contribution in [2.24, 2.45) is 0 Å². The fraction of sp³-hybridized carbons (Fsp3) is 0.174. The van der Waals surface area contributed by atoms with E-state index in [2.05, 4.69) is 72.8 Å². The lowest BCUT2D eigenvalue weighted by atomic mass is 9.89. The van der Waals surface area contributed by atoms with Crippen molar-refractivity contribution in [3.05, 3.63) is 102 Å². The second-order valence-electron chi connectivity index (χ2n) is 6.56. The Morgan fingerprint density at radius 2 is 1.46 bits per heavy atom.